The van der Waals surface area contributed by atoms with Gasteiger partial charge in [-0.25, -0.2) is 9.48 Å². The largest absolute Gasteiger partial charge is 0.450 e. The molecule has 2 amide bonds. The number of anilines is 1. The topological polar surface area (TPSA) is 124 Å². The summed E-state index contributed by atoms with van der Waals surface area (Å²) in [6.45, 7) is 6.12. The van der Waals surface area contributed by atoms with Crippen LogP contribution in [0.1, 0.15) is 23.9 Å². The third-order valence-corrected chi connectivity index (χ3v) is 3.23. The molecule has 0 aromatic carbocycles. The maximum absolute atomic E-state index is 11.9. The zero-order valence-corrected chi connectivity index (χ0v) is 13.8. The van der Waals surface area contributed by atoms with E-state index in [-0.39, 0.29) is 24.9 Å². The number of carbonyl (C=O) groups excluding carboxylic acids is 2. The second-order valence-corrected chi connectivity index (χ2v) is 5.05. The Balaban J connectivity index is 1.76. The number of aryl methyl sites for hydroxylation is 2. The van der Waals surface area contributed by atoms with Gasteiger partial charge >= 0.3 is 6.09 Å². The second-order valence-electron chi connectivity index (χ2n) is 5.05. The summed E-state index contributed by atoms with van der Waals surface area (Å²) in [5.41, 5.74) is 1.82. The zero-order valence-electron chi connectivity index (χ0n) is 13.8. The predicted molar refractivity (Wildman–Crippen MR) is 83.4 cm³/mol. The molecule has 0 aliphatic heterocycles. The first-order chi connectivity index (χ1) is 11.5. The third kappa shape index (κ3) is 4.80. The minimum Gasteiger partial charge on any atom is -0.450 e. The molecular formula is C14H20N6O4. The van der Waals surface area contributed by atoms with E-state index in [1.54, 1.807) is 6.92 Å². The number of amides is 2. The van der Waals surface area contributed by atoms with Crippen LogP contribution in [0.4, 0.5) is 10.6 Å². The highest BCUT2D eigenvalue weighted by Gasteiger charge is 2.11. The zero-order chi connectivity index (χ0) is 17.5. The summed E-state index contributed by atoms with van der Waals surface area (Å²) >= 11 is 0. The number of rotatable bonds is 7. The molecule has 0 bridgehead atoms. The molecule has 0 radical (unpaired) electrons. The Morgan fingerprint density at radius 3 is 2.83 bits per heavy atom. The summed E-state index contributed by atoms with van der Waals surface area (Å²) in [5.74, 6) is 0.763. The van der Waals surface area contributed by atoms with E-state index >= 15 is 0 Å². The Labute approximate surface area is 138 Å². The normalized spacial score (nSPS) is 10.5. The molecule has 0 saturated heterocycles. The molecule has 0 unspecified atom stereocenters. The van der Waals surface area contributed by atoms with Crippen LogP contribution in [0.25, 0.3) is 0 Å². The molecule has 0 fully saturated rings. The highest BCUT2D eigenvalue weighted by Crippen LogP contribution is 2.12. The van der Waals surface area contributed by atoms with E-state index in [9.17, 15) is 9.59 Å². The molecule has 0 saturated carbocycles. The molecule has 24 heavy (non-hydrogen) atoms. The van der Waals surface area contributed by atoms with Crippen molar-refractivity contribution in [1.82, 2.24) is 25.5 Å². The number of aromatic nitrogens is 4. The Morgan fingerprint density at radius 1 is 1.38 bits per heavy atom. The number of nitrogens with one attached hydrogen (secondary N) is 2. The van der Waals surface area contributed by atoms with E-state index in [2.05, 4.69) is 26.1 Å². The maximum Gasteiger partial charge on any atom is 0.412 e. The molecule has 0 atom stereocenters. The molecule has 10 heteroatoms. The van der Waals surface area contributed by atoms with Gasteiger partial charge in [0.1, 0.15) is 12.3 Å². The van der Waals surface area contributed by atoms with Crippen molar-refractivity contribution < 1.29 is 18.8 Å². The van der Waals surface area contributed by atoms with Gasteiger partial charge in [0.2, 0.25) is 5.91 Å². The molecule has 0 aliphatic rings. The second kappa shape index (κ2) is 8.09. The number of hydrogen-bond donors (Lipinski definition) is 2. The summed E-state index contributed by atoms with van der Waals surface area (Å²) in [7, 11) is 0. The van der Waals surface area contributed by atoms with Crippen molar-refractivity contribution in [3.63, 3.8) is 0 Å². The van der Waals surface area contributed by atoms with E-state index in [1.807, 2.05) is 13.8 Å². The standard InChI is InChI=1S/C14H20N6O4/c1-4-23-14(22)16-12-7-20(19-17-12)8-13(21)15-6-5-11-9(2)18-24-10(11)3/h7H,4-6,8H2,1-3H3,(H,15,21)(H,16,22). The van der Waals surface area contributed by atoms with E-state index in [0.717, 1.165) is 17.0 Å². The number of nitrogens with zero attached hydrogens (tertiary/aromatic N) is 4. The average Bonchev–Trinajstić information content (AvgIpc) is 3.08. The van der Waals surface area contributed by atoms with Gasteiger partial charge in [-0.15, -0.1) is 5.10 Å². The molecule has 2 N–H and O–H groups in total. The number of hydrogen-bond acceptors (Lipinski definition) is 7. The van der Waals surface area contributed by atoms with Gasteiger partial charge < -0.3 is 14.6 Å². The maximum atomic E-state index is 11.9. The quantitative estimate of drug-likeness (QED) is 0.766. The number of carbonyl (C=O) groups is 2. The minimum atomic E-state index is -0.617. The Kier molecular flexibility index (Phi) is 5.88. The predicted octanol–water partition coefficient (Wildman–Crippen LogP) is 0.810. The van der Waals surface area contributed by atoms with Crippen LogP contribution in [0.15, 0.2) is 10.7 Å². The lowest BCUT2D eigenvalue weighted by Crippen LogP contribution is -2.29. The SMILES string of the molecule is CCOC(=O)Nc1cn(CC(=O)NCCc2c(C)noc2C)nn1. The summed E-state index contributed by atoms with van der Waals surface area (Å²) in [5, 5.41) is 16.6. The van der Waals surface area contributed by atoms with E-state index in [1.165, 1.54) is 10.9 Å². The van der Waals surface area contributed by atoms with Crippen LogP contribution < -0.4 is 10.6 Å². The molecule has 2 aromatic rings. The molecule has 2 heterocycles. The van der Waals surface area contributed by atoms with Gasteiger partial charge in [-0.2, -0.15) is 0 Å². The highest BCUT2D eigenvalue weighted by atomic mass is 16.5. The first kappa shape index (κ1) is 17.4. The lowest BCUT2D eigenvalue weighted by molar-refractivity contribution is -0.121. The van der Waals surface area contributed by atoms with Crippen molar-refractivity contribution in [1.29, 1.82) is 0 Å². The molecule has 0 aliphatic carbocycles. The summed E-state index contributed by atoms with van der Waals surface area (Å²) < 4.78 is 11.1. The fraction of sp³-hybridized carbons (Fsp3) is 0.500. The smallest absolute Gasteiger partial charge is 0.412 e. The first-order valence-corrected chi connectivity index (χ1v) is 7.52. The highest BCUT2D eigenvalue weighted by molar-refractivity contribution is 5.83. The van der Waals surface area contributed by atoms with Crippen LogP contribution in [0.2, 0.25) is 0 Å². The lowest BCUT2D eigenvalue weighted by Gasteiger charge is -2.04. The van der Waals surface area contributed by atoms with Crippen LogP contribution in [0.3, 0.4) is 0 Å². The lowest BCUT2D eigenvalue weighted by atomic mass is 10.1. The van der Waals surface area contributed by atoms with Crippen LogP contribution in [0.5, 0.6) is 0 Å². The summed E-state index contributed by atoms with van der Waals surface area (Å²) in [4.78, 5) is 23.1. The van der Waals surface area contributed by atoms with Crippen molar-refractivity contribution in [2.45, 2.75) is 33.7 Å². The average molecular weight is 336 g/mol. The third-order valence-electron chi connectivity index (χ3n) is 3.23. The van der Waals surface area contributed by atoms with Gasteiger partial charge in [0.25, 0.3) is 0 Å². The van der Waals surface area contributed by atoms with Crippen molar-refractivity contribution in [3.05, 3.63) is 23.2 Å². The first-order valence-electron chi connectivity index (χ1n) is 7.52. The van der Waals surface area contributed by atoms with Crippen molar-refractivity contribution in [3.8, 4) is 0 Å². The van der Waals surface area contributed by atoms with E-state index in [4.69, 9.17) is 9.26 Å². The van der Waals surface area contributed by atoms with Crippen LogP contribution in [-0.4, -0.2) is 45.3 Å². The van der Waals surface area contributed by atoms with Crippen molar-refractivity contribution >= 4 is 17.8 Å². The summed E-state index contributed by atoms with van der Waals surface area (Å²) in [6.07, 6.45) is 1.47. The van der Waals surface area contributed by atoms with Gasteiger partial charge in [-0.3, -0.25) is 10.1 Å². The van der Waals surface area contributed by atoms with E-state index < -0.39 is 6.09 Å². The van der Waals surface area contributed by atoms with Gasteiger partial charge in [0.15, 0.2) is 5.82 Å². The Hall–Kier alpha value is -2.91. The van der Waals surface area contributed by atoms with Crippen LogP contribution >= 0.6 is 0 Å². The minimum absolute atomic E-state index is 0.000886. The van der Waals surface area contributed by atoms with Crippen LogP contribution in [-0.2, 0) is 22.5 Å². The molecule has 10 nitrogen and oxygen atoms in total. The Bertz CT molecular complexity index is 688. The monoisotopic (exact) mass is 336 g/mol. The fourth-order valence-corrected chi connectivity index (χ4v) is 2.09. The van der Waals surface area contributed by atoms with E-state index in [0.29, 0.717) is 13.0 Å². The fourth-order valence-electron chi connectivity index (χ4n) is 2.09. The van der Waals surface area contributed by atoms with Crippen molar-refractivity contribution in [2.75, 3.05) is 18.5 Å². The van der Waals surface area contributed by atoms with Gasteiger partial charge in [-0.1, -0.05) is 10.4 Å². The number of ether oxygens (including phenoxy) is 1. The molecular weight excluding hydrogens is 316 g/mol. The van der Waals surface area contributed by atoms with Gasteiger partial charge in [0, 0.05) is 12.1 Å². The van der Waals surface area contributed by atoms with Gasteiger partial charge in [-0.05, 0) is 27.2 Å². The molecule has 2 rings (SSSR count). The van der Waals surface area contributed by atoms with Crippen molar-refractivity contribution in [2.24, 2.45) is 0 Å². The molecule has 0 spiro atoms. The Morgan fingerprint density at radius 2 is 2.17 bits per heavy atom. The van der Waals surface area contributed by atoms with Gasteiger partial charge in [0.05, 0.1) is 18.5 Å². The molecule has 2 aromatic heterocycles. The molecule has 130 valence electrons. The van der Waals surface area contributed by atoms with Crippen LogP contribution in [0, 0.1) is 13.8 Å². The summed E-state index contributed by atoms with van der Waals surface area (Å²) in [6, 6.07) is 0.